The van der Waals surface area contributed by atoms with Gasteiger partial charge in [-0.3, -0.25) is 0 Å². The molecule has 0 aliphatic carbocycles. The van der Waals surface area contributed by atoms with E-state index in [1.165, 1.54) is 0 Å². The monoisotopic (exact) mass is 523 g/mol. The molecule has 0 N–H and O–H groups in total. The van der Waals surface area contributed by atoms with Crippen molar-refractivity contribution >= 4 is 28.0 Å². The van der Waals surface area contributed by atoms with Crippen molar-refractivity contribution in [2.45, 2.75) is 0 Å². The molecule has 0 aliphatic heterocycles. The summed E-state index contributed by atoms with van der Waals surface area (Å²) in [5.41, 5.74) is 4.85. The van der Waals surface area contributed by atoms with Gasteiger partial charge in [0.25, 0.3) is 0 Å². The average Bonchev–Trinajstić information content (AvgIpc) is 3.58. The van der Waals surface area contributed by atoms with E-state index in [1.54, 1.807) is 48.5 Å². The van der Waals surface area contributed by atoms with Crippen molar-refractivity contribution in [2.24, 2.45) is 0 Å². The Labute approximate surface area is 248 Å². The molecule has 0 saturated heterocycles. The molecule has 2 heteroatoms. The third-order valence-electron chi connectivity index (χ3n) is 6.64. The highest BCUT2D eigenvalue weighted by molar-refractivity contribution is 5.85. The summed E-state index contributed by atoms with van der Waals surface area (Å²) in [7, 11) is 0. The molecule has 2 nitrogen and oxygen atoms in total. The minimum Gasteiger partial charge on any atom is -0.456 e. The van der Waals surface area contributed by atoms with Crippen LogP contribution in [0, 0.1) is 0 Å². The number of hydrogen-bond acceptors (Lipinski definition) is 2. The summed E-state index contributed by atoms with van der Waals surface area (Å²) in [4.78, 5) is 1.96. The summed E-state index contributed by atoms with van der Waals surface area (Å²) in [6, 6.07) is 27.8. The Morgan fingerprint density at radius 3 is 1.60 bits per heavy atom. The van der Waals surface area contributed by atoms with Gasteiger partial charge in [0.05, 0.1) is 13.7 Å². The number of fused-ring (bicyclic) bond motifs is 1. The summed E-state index contributed by atoms with van der Waals surface area (Å²) in [6.45, 7) is 0. The van der Waals surface area contributed by atoms with Crippen LogP contribution in [0.4, 0.5) is 17.1 Å². The standard InChI is InChI=1S/C38H27NO/c1-3-10-28(11-4-1)30-18-22-34(23-19-30)39(35-24-20-31(21-25-35)29-12-5-2-6-13-29)36-16-9-15-32(26-36)38-27-33-14-7-8-17-37(33)40-38/h1-27H/i1D,2D,3D,4D,5D,6D,10D,11D,12D,13D. The molecular weight excluding hydrogens is 486 g/mol. The van der Waals surface area contributed by atoms with Crippen LogP contribution in [0.3, 0.4) is 0 Å². The van der Waals surface area contributed by atoms with Crippen molar-refractivity contribution in [3.63, 3.8) is 0 Å². The van der Waals surface area contributed by atoms with Crippen LogP contribution >= 0.6 is 0 Å². The van der Waals surface area contributed by atoms with Crippen LogP contribution in [0.5, 0.6) is 0 Å². The fraction of sp³-hybridized carbons (Fsp3) is 0. The van der Waals surface area contributed by atoms with Crippen molar-refractivity contribution in [2.75, 3.05) is 4.90 Å². The Morgan fingerprint density at radius 1 is 0.450 bits per heavy atom. The molecule has 0 amide bonds. The van der Waals surface area contributed by atoms with Crippen LogP contribution in [0.2, 0.25) is 0 Å². The number of anilines is 3. The second kappa shape index (κ2) is 10.4. The van der Waals surface area contributed by atoms with E-state index in [-0.39, 0.29) is 35.3 Å². The smallest absolute Gasteiger partial charge is 0.135 e. The molecular formula is C38H27NO. The minimum atomic E-state index is -0.456. The quantitative estimate of drug-likeness (QED) is 0.215. The number of hydrogen-bond donors (Lipinski definition) is 0. The van der Waals surface area contributed by atoms with E-state index in [1.807, 2.05) is 59.5 Å². The first-order chi connectivity index (χ1) is 24.0. The van der Waals surface area contributed by atoms with Gasteiger partial charge in [0.2, 0.25) is 0 Å². The van der Waals surface area contributed by atoms with Crippen LogP contribution in [0.1, 0.15) is 13.7 Å². The van der Waals surface area contributed by atoms with Gasteiger partial charge in [-0.15, -0.1) is 0 Å². The van der Waals surface area contributed by atoms with E-state index in [0.29, 0.717) is 28.3 Å². The van der Waals surface area contributed by atoms with Gasteiger partial charge in [-0.1, -0.05) is 115 Å². The van der Waals surface area contributed by atoms with E-state index >= 15 is 0 Å². The van der Waals surface area contributed by atoms with E-state index in [0.717, 1.165) is 22.2 Å². The van der Waals surface area contributed by atoms with Crippen LogP contribution in [-0.4, -0.2) is 0 Å². The first-order valence-corrected chi connectivity index (χ1v) is 12.7. The molecule has 7 aromatic rings. The van der Waals surface area contributed by atoms with Crippen molar-refractivity contribution in [1.82, 2.24) is 0 Å². The third-order valence-corrected chi connectivity index (χ3v) is 6.64. The van der Waals surface area contributed by atoms with Crippen molar-refractivity contribution in [3.05, 3.63) is 164 Å². The second-order valence-corrected chi connectivity index (χ2v) is 9.13. The second-order valence-electron chi connectivity index (χ2n) is 9.13. The lowest BCUT2D eigenvalue weighted by atomic mass is 10.0. The molecule has 0 unspecified atom stereocenters. The van der Waals surface area contributed by atoms with Crippen LogP contribution in [0.15, 0.2) is 168 Å². The predicted octanol–water partition coefficient (Wildman–Crippen LogP) is 10.9. The normalized spacial score (nSPS) is 14.5. The van der Waals surface area contributed by atoms with Gasteiger partial charge >= 0.3 is 0 Å². The first-order valence-electron chi connectivity index (χ1n) is 17.7. The Bertz CT molecular complexity index is 2240. The summed E-state index contributed by atoms with van der Waals surface area (Å²) in [5.74, 6) is 0.682. The number of rotatable bonds is 6. The van der Waals surface area contributed by atoms with Crippen molar-refractivity contribution < 1.29 is 18.1 Å². The van der Waals surface area contributed by atoms with Gasteiger partial charge in [-0.2, -0.15) is 0 Å². The SMILES string of the molecule is [2H]c1c([2H])c([2H])c(-c2ccc(N(c3ccc(-c4c([2H])c([2H])c([2H])c([2H])c4[2H])cc3)c3cccc(-c4cc5ccccc5o4)c3)cc2)c([2H])c1[2H]. The Balaban J connectivity index is 1.35. The van der Waals surface area contributed by atoms with Gasteiger partial charge < -0.3 is 9.32 Å². The number of para-hydroxylation sites is 1. The summed E-state index contributed by atoms with van der Waals surface area (Å²) in [6.07, 6.45) is 0. The van der Waals surface area contributed by atoms with Gasteiger partial charge in [-0.05, 0) is 70.8 Å². The van der Waals surface area contributed by atoms with Crippen LogP contribution < -0.4 is 4.90 Å². The molecule has 0 bridgehead atoms. The molecule has 6 aromatic carbocycles. The maximum atomic E-state index is 8.43. The van der Waals surface area contributed by atoms with E-state index in [9.17, 15) is 0 Å². The maximum Gasteiger partial charge on any atom is 0.135 e. The third kappa shape index (κ3) is 4.68. The number of furan rings is 1. The fourth-order valence-electron chi connectivity index (χ4n) is 4.71. The lowest BCUT2D eigenvalue weighted by Gasteiger charge is -2.26. The Morgan fingerprint density at radius 2 is 1.02 bits per heavy atom. The zero-order chi connectivity index (χ0) is 35.4. The zero-order valence-electron chi connectivity index (χ0n) is 31.2. The maximum absolute atomic E-state index is 8.43. The zero-order valence-corrected chi connectivity index (χ0v) is 21.2. The highest BCUT2D eigenvalue weighted by Gasteiger charge is 2.15. The van der Waals surface area contributed by atoms with Gasteiger partial charge in [0.1, 0.15) is 11.3 Å². The van der Waals surface area contributed by atoms with Crippen molar-refractivity contribution in [1.29, 1.82) is 0 Å². The van der Waals surface area contributed by atoms with Gasteiger partial charge in [0, 0.05) is 28.0 Å². The number of nitrogens with zero attached hydrogens (tertiary/aromatic N) is 1. The number of benzene rings is 6. The molecule has 0 fully saturated rings. The molecule has 190 valence electrons. The summed E-state index contributed by atoms with van der Waals surface area (Å²) >= 11 is 0. The summed E-state index contributed by atoms with van der Waals surface area (Å²) in [5, 5.41) is 0.969. The molecule has 1 heterocycles. The molecule has 0 aliphatic rings. The highest BCUT2D eigenvalue weighted by Crippen LogP contribution is 2.39. The average molecular weight is 524 g/mol. The van der Waals surface area contributed by atoms with Gasteiger partial charge in [-0.25, -0.2) is 0 Å². The predicted molar refractivity (Wildman–Crippen MR) is 167 cm³/mol. The molecule has 0 radical (unpaired) electrons. The molecule has 1 aromatic heterocycles. The van der Waals surface area contributed by atoms with E-state index in [2.05, 4.69) is 0 Å². The van der Waals surface area contributed by atoms with Crippen molar-refractivity contribution in [3.8, 4) is 33.6 Å². The molecule has 0 atom stereocenters. The largest absolute Gasteiger partial charge is 0.456 e. The van der Waals surface area contributed by atoms with Gasteiger partial charge in [0.15, 0.2) is 0 Å². The fourth-order valence-corrected chi connectivity index (χ4v) is 4.71. The summed E-state index contributed by atoms with van der Waals surface area (Å²) < 4.78 is 88.2. The van der Waals surface area contributed by atoms with Crippen LogP contribution in [0.25, 0.3) is 44.5 Å². The minimum absolute atomic E-state index is 0.101. The molecule has 7 rings (SSSR count). The van der Waals surface area contributed by atoms with E-state index < -0.39 is 36.3 Å². The molecule has 0 saturated carbocycles. The molecule has 0 spiro atoms. The Hall–Kier alpha value is -5.34. The van der Waals surface area contributed by atoms with Crippen LogP contribution in [-0.2, 0) is 0 Å². The lowest BCUT2D eigenvalue weighted by Crippen LogP contribution is -2.10. The molecule has 40 heavy (non-hydrogen) atoms. The topological polar surface area (TPSA) is 16.4 Å². The Kier molecular flexibility index (Phi) is 3.99. The lowest BCUT2D eigenvalue weighted by molar-refractivity contribution is 0.631. The van der Waals surface area contributed by atoms with E-state index in [4.69, 9.17) is 18.1 Å². The highest BCUT2D eigenvalue weighted by atomic mass is 16.3. The first kappa shape index (κ1) is 15.3.